The molecular formula is C4H9NO3. The first kappa shape index (κ1) is 7.55. The molecule has 0 aliphatic carbocycles. The minimum absolute atomic E-state index is 0.517. The Morgan fingerprint density at radius 2 is 2.00 bits per heavy atom. The van der Waals surface area contributed by atoms with Crippen molar-refractivity contribution in [3.05, 3.63) is 0 Å². The van der Waals surface area contributed by atoms with Crippen LogP contribution in [0.2, 0.25) is 0 Å². The molecule has 0 aromatic rings. The Hall–Kier alpha value is -0.450. The van der Waals surface area contributed by atoms with E-state index in [1.807, 2.05) is 0 Å². The molecule has 0 unspecified atom stereocenters. The van der Waals surface area contributed by atoms with E-state index in [2.05, 4.69) is 0 Å². The predicted octanol–water partition coefficient (Wildman–Crippen LogP) is -1.65. The maximum atomic E-state index is 8.48. The highest BCUT2D eigenvalue weighted by atomic mass is 16.4. The quantitative estimate of drug-likeness (QED) is 0.336. The normalized spacial score (nSPS) is 17.4. The molecule has 0 bridgehead atoms. The second kappa shape index (κ2) is 3.54. The molecule has 0 saturated carbocycles. The maximum Gasteiger partial charge on any atom is 0.116 e. The molecule has 0 fully saturated rings. The van der Waals surface area contributed by atoms with Crippen LogP contribution in [0.25, 0.3) is 0 Å². The SMILES string of the molecule is N=C[C@@H](O)[C@H](O)CO. The molecule has 0 aromatic carbocycles. The summed E-state index contributed by atoms with van der Waals surface area (Å²) in [5.41, 5.74) is 0. The number of nitrogens with one attached hydrogen (secondary N) is 1. The Balaban J connectivity index is 3.44. The van der Waals surface area contributed by atoms with Crippen LogP contribution in [0.5, 0.6) is 0 Å². The van der Waals surface area contributed by atoms with Gasteiger partial charge in [-0.25, -0.2) is 0 Å². The Morgan fingerprint density at radius 1 is 1.50 bits per heavy atom. The second-order valence-corrected chi connectivity index (χ2v) is 1.41. The van der Waals surface area contributed by atoms with Gasteiger partial charge in [-0.05, 0) is 0 Å². The van der Waals surface area contributed by atoms with Crippen molar-refractivity contribution in [1.29, 1.82) is 5.41 Å². The van der Waals surface area contributed by atoms with E-state index in [0.717, 1.165) is 0 Å². The first-order valence-corrected chi connectivity index (χ1v) is 2.20. The van der Waals surface area contributed by atoms with Crippen LogP contribution in [0.4, 0.5) is 0 Å². The molecule has 0 aromatic heterocycles. The highest BCUT2D eigenvalue weighted by Crippen LogP contribution is 1.85. The van der Waals surface area contributed by atoms with Gasteiger partial charge in [0.25, 0.3) is 0 Å². The fourth-order valence-corrected chi connectivity index (χ4v) is 0.219. The van der Waals surface area contributed by atoms with Gasteiger partial charge >= 0.3 is 0 Å². The summed E-state index contributed by atoms with van der Waals surface area (Å²) in [7, 11) is 0. The van der Waals surface area contributed by atoms with Crippen molar-refractivity contribution in [2.24, 2.45) is 0 Å². The first-order chi connectivity index (χ1) is 3.72. The van der Waals surface area contributed by atoms with Gasteiger partial charge in [0.05, 0.1) is 6.61 Å². The molecule has 4 heteroatoms. The molecule has 0 spiro atoms. The van der Waals surface area contributed by atoms with Crippen LogP contribution >= 0.6 is 0 Å². The van der Waals surface area contributed by atoms with E-state index in [4.69, 9.17) is 20.7 Å². The summed E-state index contributed by atoms with van der Waals surface area (Å²) in [5, 5.41) is 31.5. The fraction of sp³-hybridized carbons (Fsp3) is 0.750. The Bertz CT molecular complexity index is 75.7. The minimum Gasteiger partial charge on any atom is -0.394 e. The highest BCUT2D eigenvalue weighted by Gasteiger charge is 2.10. The topological polar surface area (TPSA) is 84.5 Å². The average Bonchev–Trinajstić information content (AvgIpc) is 1.84. The van der Waals surface area contributed by atoms with Gasteiger partial charge in [-0.15, -0.1) is 0 Å². The summed E-state index contributed by atoms with van der Waals surface area (Å²) in [6, 6.07) is 0. The molecule has 0 aliphatic rings. The average molecular weight is 119 g/mol. The molecule has 2 atom stereocenters. The molecule has 4 N–H and O–H groups in total. The molecule has 0 heterocycles. The number of aliphatic hydroxyl groups excluding tert-OH is 3. The third-order valence-corrected chi connectivity index (χ3v) is 0.752. The van der Waals surface area contributed by atoms with Crippen molar-refractivity contribution in [1.82, 2.24) is 0 Å². The standard InChI is InChI=1S/C4H9NO3/c5-1-3(7)4(8)2-6/h1,3-8H,2H2/t3-,4-/m1/s1. The lowest BCUT2D eigenvalue weighted by molar-refractivity contribution is 0.0202. The zero-order valence-electron chi connectivity index (χ0n) is 4.28. The van der Waals surface area contributed by atoms with E-state index >= 15 is 0 Å². The van der Waals surface area contributed by atoms with Gasteiger partial charge in [0, 0.05) is 6.21 Å². The maximum absolute atomic E-state index is 8.48. The molecule has 0 saturated heterocycles. The predicted molar refractivity (Wildman–Crippen MR) is 27.9 cm³/mol. The van der Waals surface area contributed by atoms with E-state index in [1.165, 1.54) is 0 Å². The smallest absolute Gasteiger partial charge is 0.116 e. The van der Waals surface area contributed by atoms with Crippen LogP contribution in [0.3, 0.4) is 0 Å². The number of aliphatic hydroxyl groups is 3. The van der Waals surface area contributed by atoms with Crippen LogP contribution in [0.1, 0.15) is 0 Å². The number of hydrogen-bond donors (Lipinski definition) is 4. The van der Waals surface area contributed by atoms with Crippen molar-refractivity contribution in [2.45, 2.75) is 12.2 Å². The summed E-state index contributed by atoms with van der Waals surface area (Å²) in [6.07, 6.45) is -1.78. The molecule has 8 heavy (non-hydrogen) atoms. The second-order valence-electron chi connectivity index (χ2n) is 1.41. The van der Waals surface area contributed by atoms with Crippen LogP contribution in [-0.4, -0.2) is 40.3 Å². The Kier molecular flexibility index (Phi) is 3.34. The summed E-state index contributed by atoms with van der Waals surface area (Å²) in [6.45, 7) is -0.517. The third-order valence-electron chi connectivity index (χ3n) is 0.752. The molecule has 0 radical (unpaired) electrons. The lowest BCUT2D eigenvalue weighted by atomic mass is 10.2. The molecule has 48 valence electrons. The van der Waals surface area contributed by atoms with Gasteiger partial charge in [0.15, 0.2) is 0 Å². The highest BCUT2D eigenvalue weighted by molar-refractivity contribution is 5.59. The van der Waals surface area contributed by atoms with E-state index in [1.54, 1.807) is 0 Å². The summed E-state index contributed by atoms with van der Waals surface area (Å²) >= 11 is 0. The minimum atomic E-state index is -1.24. The van der Waals surface area contributed by atoms with Gasteiger partial charge in [-0.1, -0.05) is 0 Å². The largest absolute Gasteiger partial charge is 0.394 e. The van der Waals surface area contributed by atoms with Gasteiger partial charge in [-0.3, -0.25) is 0 Å². The summed E-state index contributed by atoms with van der Waals surface area (Å²) in [4.78, 5) is 0. The zero-order chi connectivity index (χ0) is 6.57. The van der Waals surface area contributed by atoms with Gasteiger partial charge < -0.3 is 20.7 Å². The lowest BCUT2D eigenvalue weighted by Gasteiger charge is -2.08. The van der Waals surface area contributed by atoms with Crippen LogP contribution < -0.4 is 0 Å². The monoisotopic (exact) mass is 119 g/mol. The van der Waals surface area contributed by atoms with Crippen molar-refractivity contribution >= 4 is 6.21 Å². The molecule has 0 rings (SSSR count). The van der Waals surface area contributed by atoms with Crippen LogP contribution in [0, 0.1) is 5.41 Å². The zero-order valence-corrected chi connectivity index (χ0v) is 4.28. The molecular weight excluding hydrogens is 110 g/mol. The fourth-order valence-electron chi connectivity index (χ4n) is 0.219. The number of hydrogen-bond acceptors (Lipinski definition) is 4. The Labute approximate surface area is 46.9 Å². The summed E-state index contributed by atoms with van der Waals surface area (Å²) < 4.78 is 0. The van der Waals surface area contributed by atoms with E-state index < -0.39 is 18.8 Å². The van der Waals surface area contributed by atoms with Crippen molar-refractivity contribution in [2.75, 3.05) is 6.61 Å². The van der Waals surface area contributed by atoms with Gasteiger partial charge in [-0.2, -0.15) is 0 Å². The Morgan fingerprint density at radius 3 is 2.12 bits per heavy atom. The first-order valence-electron chi connectivity index (χ1n) is 2.20. The van der Waals surface area contributed by atoms with E-state index in [0.29, 0.717) is 6.21 Å². The van der Waals surface area contributed by atoms with Crippen LogP contribution in [-0.2, 0) is 0 Å². The summed E-state index contributed by atoms with van der Waals surface area (Å²) in [5.74, 6) is 0. The third kappa shape index (κ3) is 2.02. The molecule has 0 amide bonds. The molecule has 4 nitrogen and oxygen atoms in total. The van der Waals surface area contributed by atoms with Gasteiger partial charge in [0.2, 0.25) is 0 Å². The number of rotatable bonds is 3. The van der Waals surface area contributed by atoms with E-state index in [9.17, 15) is 0 Å². The van der Waals surface area contributed by atoms with Gasteiger partial charge in [0.1, 0.15) is 12.2 Å². The van der Waals surface area contributed by atoms with Crippen molar-refractivity contribution in [3.63, 3.8) is 0 Å². The lowest BCUT2D eigenvalue weighted by Crippen LogP contribution is -2.29. The van der Waals surface area contributed by atoms with Crippen LogP contribution in [0.15, 0.2) is 0 Å². The van der Waals surface area contributed by atoms with E-state index in [-0.39, 0.29) is 0 Å². The van der Waals surface area contributed by atoms with Crippen molar-refractivity contribution in [3.8, 4) is 0 Å². The van der Waals surface area contributed by atoms with Crippen molar-refractivity contribution < 1.29 is 15.3 Å². The molecule has 0 aliphatic heterocycles.